The first-order valence-electron chi connectivity index (χ1n) is 11.0. The molecule has 2 atom stereocenters. The van der Waals surface area contributed by atoms with Gasteiger partial charge in [0.1, 0.15) is 35.6 Å². The zero-order valence-corrected chi connectivity index (χ0v) is 19.6. The predicted octanol–water partition coefficient (Wildman–Crippen LogP) is 3.19. The van der Waals surface area contributed by atoms with Gasteiger partial charge in [-0.05, 0) is 38.7 Å². The van der Waals surface area contributed by atoms with E-state index < -0.39 is 29.2 Å². The number of benzene rings is 1. The first-order chi connectivity index (χ1) is 16.3. The number of imidazole rings is 1. The number of hydrogen-bond donors (Lipinski definition) is 1. The number of rotatable bonds is 6. The summed E-state index contributed by atoms with van der Waals surface area (Å²) in [5.74, 6) is -2.08. The van der Waals surface area contributed by atoms with Crippen LogP contribution in [0, 0.1) is 11.6 Å². The van der Waals surface area contributed by atoms with Crippen molar-refractivity contribution in [2.45, 2.75) is 50.8 Å². The Labute approximate surface area is 198 Å². The molecule has 11 heteroatoms. The Balaban J connectivity index is 1.49. The van der Waals surface area contributed by atoms with Crippen LogP contribution in [0.1, 0.15) is 46.4 Å². The summed E-state index contributed by atoms with van der Waals surface area (Å²) in [5.41, 5.74) is -0.621. The van der Waals surface area contributed by atoms with Crippen LogP contribution >= 0.6 is 11.3 Å². The summed E-state index contributed by atoms with van der Waals surface area (Å²) in [5, 5.41) is 15.8. The molecule has 8 nitrogen and oxygen atoms in total. The zero-order chi connectivity index (χ0) is 24.0. The van der Waals surface area contributed by atoms with Crippen LogP contribution in [0.4, 0.5) is 8.78 Å². The Morgan fingerprint density at radius 2 is 2.12 bits per heavy atom. The van der Waals surface area contributed by atoms with Gasteiger partial charge in [-0.2, -0.15) is 5.10 Å². The maximum Gasteiger partial charge on any atom is 0.274 e. The number of carbonyl (C=O) groups is 1. The SMILES string of the molecule is C[C@@H](N(C)C(=O)c1cn2c3c(sc2n1)CCCC3)[C@](O)(Cn1cncn1)c1ccc(F)cc1F. The van der Waals surface area contributed by atoms with Crippen LogP contribution in [0.3, 0.4) is 0 Å². The van der Waals surface area contributed by atoms with Gasteiger partial charge in [-0.25, -0.2) is 23.4 Å². The number of aliphatic hydroxyl groups is 1. The number of hydrogen-bond acceptors (Lipinski definition) is 6. The van der Waals surface area contributed by atoms with E-state index in [4.69, 9.17) is 0 Å². The summed E-state index contributed by atoms with van der Waals surface area (Å²) >= 11 is 1.59. The van der Waals surface area contributed by atoms with Gasteiger partial charge in [0.15, 0.2) is 4.96 Å². The molecule has 3 aromatic heterocycles. The normalized spacial score (nSPS) is 16.3. The molecule has 0 saturated heterocycles. The molecule has 0 unspecified atom stereocenters. The lowest BCUT2D eigenvalue weighted by Gasteiger charge is -2.39. The van der Waals surface area contributed by atoms with Crippen LogP contribution in [-0.4, -0.2) is 53.2 Å². The van der Waals surface area contributed by atoms with E-state index in [0.717, 1.165) is 36.7 Å². The van der Waals surface area contributed by atoms with E-state index in [-0.39, 0.29) is 17.8 Å². The Bertz CT molecular complexity index is 1350. The van der Waals surface area contributed by atoms with E-state index in [1.807, 2.05) is 4.40 Å². The molecule has 5 rings (SSSR count). The van der Waals surface area contributed by atoms with Gasteiger partial charge in [0.05, 0.1) is 12.6 Å². The van der Waals surface area contributed by atoms with E-state index in [2.05, 4.69) is 15.1 Å². The van der Waals surface area contributed by atoms with E-state index in [1.54, 1.807) is 24.5 Å². The van der Waals surface area contributed by atoms with Crippen molar-refractivity contribution in [3.05, 3.63) is 70.5 Å². The summed E-state index contributed by atoms with van der Waals surface area (Å²) in [6.45, 7) is 1.41. The average Bonchev–Trinajstić information content (AvgIpc) is 3.54. The predicted molar refractivity (Wildman–Crippen MR) is 122 cm³/mol. The molecule has 1 N–H and O–H groups in total. The lowest BCUT2D eigenvalue weighted by atomic mass is 9.85. The Morgan fingerprint density at radius 3 is 2.85 bits per heavy atom. The van der Waals surface area contributed by atoms with Crippen LogP contribution < -0.4 is 0 Å². The number of amides is 1. The zero-order valence-electron chi connectivity index (χ0n) is 18.8. The van der Waals surface area contributed by atoms with E-state index in [1.165, 1.54) is 45.9 Å². The van der Waals surface area contributed by atoms with Crippen LogP contribution in [0.15, 0.2) is 37.1 Å². The molecule has 178 valence electrons. The maximum atomic E-state index is 14.8. The summed E-state index contributed by atoms with van der Waals surface area (Å²) in [7, 11) is 1.53. The summed E-state index contributed by atoms with van der Waals surface area (Å²) in [6, 6.07) is 2.06. The highest BCUT2D eigenvalue weighted by Crippen LogP contribution is 2.34. The molecule has 1 aliphatic rings. The third kappa shape index (κ3) is 3.78. The second kappa shape index (κ2) is 8.55. The fourth-order valence-electron chi connectivity index (χ4n) is 4.59. The number of thiazole rings is 1. The number of aromatic nitrogens is 5. The quantitative estimate of drug-likeness (QED) is 0.452. The molecule has 1 amide bonds. The molecule has 0 aliphatic heterocycles. The summed E-state index contributed by atoms with van der Waals surface area (Å²) in [4.78, 5) is 25.2. The van der Waals surface area contributed by atoms with Crippen LogP contribution in [0.2, 0.25) is 0 Å². The topological polar surface area (TPSA) is 88.5 Å². The average molecular weight is 487 g/mol. The highest BCUT2D eigenvalue weighted by molar-refractivity contribution is 7.17. The minimum absolute atomic E-state index is 0.142. The number of likely N-dealkylation sites (N-methyl/N-ethyl adjacent to an activating group) is 1. The van der Waals surface area contributed by atoms with Gasteiger partial charge in [-0.3, -0.25) is 9.20 Å². The molecule has 4 aromatic rings. The number of nitrogens with zero attached hydrogens (tertiary/aromatic N) is 6. The van der Waals surface area contributed by atoms with Crippen molar-refractivity contribution in [2.24, 2.45) is 0 Å². The lowest BCUT2D eigenvalue weighted by molar-refractivity contribution is -0.0501. The first-order valence-corrected chi connectivity index (χ1v) is 11.9. The second-order valence-electron chi connectivity index (χ2n) is 8.69. The highest BCUT2D eigenvalue weighted by atomic mass is 32.1. The third-order valence-corrected chi connectivity index (χ3v) is 7.80. The smallest absolute Gasteiger partial charge is 0.274 e. The second-order valence-corrected chi connectivity index (χ2v) is 9.75. The van der Waals surface area contributed by atoms with Crippen molar-refractivity contribution in [2.75, 3.05) is 7.05 Å². The molecular weight excluding hydrogens is 462 g/mol. The fourth-order valence-corrected chi connectivity index (χ4v) is 5.78. The van der Waals surface area contributed by atoms with E-state index in [0.29, 0.717) is 6.07 Å². The molecule has 1 aliphatic carbocycles. The highest BCUT2D eigenvalue weighted by Gasteiger charge is 2.43. The molecule has 3 heterocycles. The molecule has 0 radical (unpaired) electrons. The monoisotopic (exact) mass is 486 g/mol. The van der Waals surface area contributed by atoms with Gasteiger partial charge in [-0.1, -0.05) is 6.07 Å². The Morgan fingerprint density at radius 1 is 1.32 bits per heavy atom. The van der Waals surface area contributed by atoms with Crippen LogP contribution in [0.5, 0.6) is 0 Å². The van der Waals surface area contributed by atoms with Crippen molar-refractivity contribution in [3.63, 3.8) is 0 Å². The van der Waals surface area contributed by atoms with Crippen molar-refractivity contribution in [1.29, 1.82) is 0 Å². The lowest BCUT2D eigenvalue weighted by Crippen LogP contribution is -2.52. The van der Waals surface area contributed by atoms with Crippen molar-refractivity contribution >= 4 is 22.2 Å². The van der Waals surface area contributed by atoms with Gasteiger partial charge >= 0.3 is 0 Å². The van der Waals surface area contributed by atoms with Gasteiger partial charge < -0.3 is 10.0 Å². The number of halogens is 2. The maximum absolute atomic E-state index is 14.8. The number of carbonyl (C=O) groups excluding carboxylic acids is 1. The van der Waals surface area contributed by atoms with Gasteiger partial charge in [0, 0.05) is 35.4 Å². The summed E-state index contributed by atoms with van der Waals surface area (Å²) < 4.78 is 31.7. The molecule has 0 saturated carbocycles. The molecule has 1 aromatic carbocycles. The van der Waals surface area contributed by atoms with Gasteiger partial charge in [-0.15, -0.1) is 11.3 Å². The van der Waals surface area contributed by atoms with Crippen LogP contribution in [0.25, 0.3) is 4.96 Å². The minimum atomic E-state index is -1.92. The van der Waals surface area contributed by atoms with E-state index >= 15 is 0 Å². The van der Waals surface area contributed by atoms with E-state index in [9.17, 15) is 18.7 Å². The standard InChI is InChI=1S/C23H24F2N6O2S/c1-14(23(33,11-30-13-26-12-27-30)16-8-7-15(24)9-17(16)25)29(2)21(32)18-10-31-19-5-3-4-6-20(19)34-22(31)28-18/h7-10,12-14,33H,3-6,11H2,1-2H3/t14-,23-/m1/s1. The van der Waals surface area contributed by atoms with Gasteiger partial charge in [0.2, 0.25) is 0 Å². The first kappa shape index (κ1) is 22.6. The van der Waals surface area contributed by atoms with Crippen molar-refractivity contribution < 1.29 is 18.7 Å². The van der Waals surface area contributed by atoms with Crippen molar-refractivity contribution in [1.82, 2.24) is 29.0 Å². The molecule has 34 heavy (non-hydrogen) atoms. The molecule has 0 fully saturated rings. The molecule has 0 spiro atoms. The Kier molecular flexibility index (Phi) is 5.68. The van der Waals surface area contributed by atoms with Crippen LogP contribution in [-0.2, 0) is 25.0 Å². The number of fused-ring (bicyclic) bond motifs is 3. The Hall–Kier alpha value is -3.18. The third-order valence-electron chi connectivity index (χ3n) is 6.65. The van der Waals surface area contributed by atoms with Crippen molar-refractivity contribution in [3.8, 4) is 0 Å². The van der Waals surface area contributed by atoms with Gasteiger partial charge in [0.25, 0.3) is 5.91 Å². The minimum Gasteiger partial charge on any atom is -0.381 e. The fraction of sp³-hybridized carbons (Fsp3) is 0.391. The summed E-state index contributed by atoms with van der Waals surface area (Å²) in [6.07, 6.45) is 8.65. The largest absolute Gasteiger partial charge is 0.381 e. The molecule has 0 bridgehead atoms. The number of aryl methyl sites for hydroxylation is 2. The molecular formula is C23H24F2N6O2S.